The molecule has 1 aromatic carbocycles. The minimum absolute atomic E-state index is 0.00951. The Morgan fingerprint density at radius 1 is 1.42 bits per heavy atom. The van der Waals surface area contributed by atoms with Crippen molar-refractivity contribution in [1.29, 1.82) is 0 Å². The van der Waals surface area contributed by atoms with Crippen LogP contribution in [0.1, 0.15) is 6.92 Å². The number of carboxylic acids is 1. The molecule has 0 saturated heterocycles. The standard InChI is InChI=1S/C12H10N2O4S/c1-7(12(15)16)19-11-3-2-10(14(17)18)8-4-5-13-6-9(8)11/h2-7H,1H3,(H,15,16). The van der Waals surface area contributed by atoms with Crippen molar-refractivity contribution in [2.45, 2.75) is 17.1 Å². The van der Waals surface area contributed by atoms with Crippen molar-refractivity contribution >= 4 is 34.2 Å². The number of nitro groups is 1. The summed E-state index contributed by atoms with van der Waals surface area (Å²) in [6.45, 7) is 1.57. The van der Waals surface area contributed by atoms with Crippen LogP contribution in [0.25, 0.3) is 10.8 Å². The summed E-state index contributed by atoms with van der Waals surface area (Å²) < 4.78 is 0. The second-order valence-electron chi connectivity index (χ2n) is 3.86. The summed E-state index contributed by atoms with van der Waals surface area (Å²) in [5.74, 6) is -0.930. The summed E-state index contributed by atoms with van der Waals surface area (Å²) in [7, 11) is 0. The lowest BCUT2D eigenvalue weighted by molar-refractivity contribution is -0.383. The number of carbonyl (C=O) groups is 1. The van der Waals surface area contributed by atoms with Crippen LogP contribution < -0.4 is 0 Å². The van der Waals surface area contributed by atoms with E-state index >= 15 is 0 Å². The second kappa shape index (κ2) is 5.23. The number of hydrogen-bond donors (Lipinski definition) is 1. The molecule has 19 heavy (non-hydrogen) atoms. The van der Waals surface area contributed by atoms with Crippen LogP contribution in [-0.2, 0) is 4.79 Å². The molecular weight excluding hydrogens is 268 g/mol. The molecule has 1 N–H and O–H groups in total. The van der Waals surface area contributed by atoms with E-state index in [1.165, 1.54) is 18.5 Å². The van der Waals surface area contributed by atoms with Gasteiger partial charge in [-0.2, -0.15) is 0 Å². The third-order valence-corrected chi connectivity index (χ3v) is 3.77. The van der Waals surface area contributed by atoms with E-state index in [0.717, 1.165) is 11.8 Å². The number of hydrogen-bond acceptors (Lipinski definition) is 5. The molecule has 0 amide bonds. The zero-order valence-electron chi connectivity index (χ0n) is 9.94. The third-order valence-electron chi connectivity index (χ3n) is 2.60. The minimum atomic E-state index is -0.930. The van der Waals surface area contributed by atoms with Gasteiger partial charge in [0, 0.05) is 28.7 Å². The molecule has 2 aromatic rings. The summed E-state index contributed by atoms with van der Waals surface area (Å²) in [6.07, 6.45) is 2.99. The molecule has 7 heteroatoms. The Hall–Kier alpha value is -2.15. The molecule has 1 heterocycles. The van der Waals surface area contributed by atoms with Gasteiger partial charge >= 0.3 is 5.97 Å². The summed E-state index contributed by atoms with van der Waals surface area (Å²) in [6, 6.07) is 4.51. The topological polar surface area (TPSA) is 93.3 Å². The Morgan fingerprint density at radius 2 is 2.16 bits per heavy atom. The van der Waals surface area contributed by atoms with E-state index in [1.54, 1.807) is 19.1 Å². The number of benzene rings is 1. The lowest BCUT2D eigenvalue weighted by Crippen LogP contribution is -2.11. The first-order chi connectivity index (χ1) is 9.00. The van der Waals surface area contributed by atoms with Gasteiger partial charge < -0.3 is 5.11 Å². The molecule has 1 unspecified atom stereocenters. The fourth-order valence-corrected chi connectivity index (χ4v) is 2.57. The molecule has 0 saturated carbocycles. The molecule has 2 rings (SSSR count). The zero-order valence-corrected chi connectivity index (χ0v) is 10.8. The number of thioether (sulfide) groups is 1. The van der Waals surface area contributed by atoms with Gasteiger partial charge in [-0.05, 0) is 19.1 Å². The van der Waals surface area contributed by atoms with Crippen molar-refractivity contribution in [2.75, 3.05) is 0 Å². The number of aliphatic carboxylic acids is 1. The van der Waals surface area contributed by atoms with Crippen molar-refractivity contribution in [1.82, 2.24) is 4.98 Å². The van der Waals surface area contributed by atoms with E-state index < -0.39 is 16.1 Å². The zero-order chi connectivity index (χ0) is 14.0. The number of pyridine rings is 1. The van der Waals surface area contributed by atoms with Crippen LogP contribution >= 0.6 is 11.8 Å². The molecule has 6 nitrogen and oxygen atoms in total. The van der Waals surface area contributed by atoms with Crippen molar-refractivity contribution in [3.8, 4) is 0 Å². The number of rotatable bonds is 4. The van der Waals surface area contributed by atoms with E-state index in [4.69, 9.17) is 5.11 Å². The quantitative estimate of drug-likeness (QED) is 0.525. The number of nitro benzene ring substituents is 1. The van der Waals surface area contributed by atoms with Gasteiger partial charge in [0.2, 0.25) is 0 Å². The van der Waals surface area contributed by atoms with Gasteiger partial charge in [-0.25, -0.2) is 0 Å². The minimum Gasteiger partial charge on any atom is -0.480 e. The monoisotopic (exact) mass is 278 g/mol. The van der Waals surface area contributed by atoms with E-state index in [0.29, 0.717) is 15.7 Å². The van der Waals surface area contributed by atoms with E-state index in [-0.39, 0.29) is 5.69 Å². The molecule has 0 aliphatic rings. The van der Waals surface area contributed by atoms with Crippen molar-refractivity contribution in [2.24, 2.45) is 0 Å². The smallest absolute Gasteiger partial charge is 0.316 e. The highest BCUT2D eigenvalue weighted by atomic mass is 32.2. The second-order valence-corrected chi connectivity index (χ2v) is 5.24. The van der Waals surface area contributed by atoms with Crippen LogP contribution in [0.2, 0.25) is 0 Å². The van der Waals surface area contributed by atoms with Crippen LogP contribution in [0.4, 0.5) is 5.69 Å². The highest BCUT2D eigenvalue weighted by molar-refractivity contribution is 8.00. The predicted octanol–water partition coefficient (Wildman–Crippen LogP) is 2.71. The van der Waals surface area contributed by atoms with Crippen molar-refractivity contribution < 1.29 is 14.8 Å². The van der Waals surface area contributed by atoms with Crippen molar-refractivity contribution in [3.05, 3.63) is 40.7 Å². The Labute approximate surface area is 112 Å². The largest absolute Gasteiger partial charge is 0.480 e. The van der Waals surface area contributed by atoms with Crippen molar-refractivity contribution in [3.63, 3.8) is 0 Å². The average Bonchev–Trinajstić information content (AvgIpc) is 2.38. The Kier molecular flexibility index (Phi) is 3.66. The predicted molar refractivity (Wildman–Crippen MR) is 71.4 cm³/mol. The molecular formula is C12H10N2O4S. The van der Waals surface area contributed by atoms with Crippen LogP contribution in [0, 0.1) is 10.1 Å². The Balaban J connectivity index is 2.55. The first-order valence-corrected chi connectivity index (χ1v) is 6.29. The van der Waals surface area contributed by atoms with Gasteiger partial charge in [-0.15, -0.1) is 11.8 Å². The van der Waals surface area contributed by atoms with Gasteiger partial charge in [0.25, 0.3) is 5.69 Å². The number of nitrogens with zero attached hydrogens (tertiary/aromatic N) is 2. The molecule has 98 valence electrons. The molecule has 1 aromatic heterocycles. The van der Waals surface area contributed by atoms with Crippen LogP contribution in [0.5, 0.6) is 0 Å². The normalized spacial score (nSPS) is 12.3. The number of fused-ring (bicyclic) bond motifs is 1. The molecule has 0 spiro atoms. The number of aromatic nitrogens is 1. The molecule has 0 radical (unpaired) electrons. The fourth-order valence-electron chi connectivity index (χ4n) is 1.65. The fraction of sp³-hybridized carbons (Fsp3) is 0.167. The van der Waals surface area contributed by atoms with E-state index in [9.17, 15) is 14.9 Å². The molecule has 0 fully saturated rings. The Morgan fingerprint density at radius 3 is 2.79 bits per heavy atom. The van der Waals surface area contributed by atoms with Gasteiger partial charge in [-0.3, -0.25) is 19.9 Å². The van der Waals surface area contributed by atoms with Crippen LogP contribution in [0.15, 0.2) is 35.5 Å². The average molecular weight is 278 g/mol. The van der Waals surface area contributed by atoms with E-state index in [1.807, 2.05) is 0 Å². The van der Waals surface area contributed by atoms with Crippen LogP contribution in [0.3, 0.4) is 0 Å². The number of carboxylic acid groups (broad SMARTS) is 1. The van der Waals surface area contributed by atoms with Crippen LogP contribution in [-0.4, -0.2) is 26.2 Å². The SMILES string of the molecule is CC(Sc1ccc([N+](=O)[O-])c2ccncc12)C(=O)O. The lowest BCUT2D eigenvalue weighted by Gasteiger charge is -2.09. The summed E-state index contributed by atoms with van der Waals surface area (Å²) >= 11 is 1.14. The van der Waals surface area contributed by atoms with Gasteiger partial charge in [0.05, 0.1) is 10.3 Å². The summed E-state index contributed by atoms with van der Waals surface area (Å²) in [5.41, 5.74) is -0.00951. The molecule has 0 bridgehead atoms. The molecule has 1 atom stereocenters. The molecule has 0 aliphatic heterocycles. The third kappa shape index (κ3) is 2.65. The number of non-ortho nitro benzene ring substituents is 1. The first kappa shape index (κ1) is 13.3. The first-order valence-electron chi connectivity index (χ1n) is 5.41. The maximum Gasteiger partial charge on any atom is 0.316 e. The maximum atomic E-state index is 10.9. The highest BCUT2D eigenvalue weighted by Gasteiger charge is 2.18. The lowest BCUT2D eigenvalue weighted by atomic mass is 10.1. The van der Waals surface area contributed by atoms with Gasteiger partial charge in [0.15, 0.2) is 0 Å². The highest BCUT2D eigenvalue weighted by Crippen LogP contribution is 2.35. The van der Waals surface area contributed by atoms with E-state index in [2.05, 4.69) is 4.98 Å². The maximum absolute atomic E-state index is 10.9. The van der Waals surface area contributed by atoms with Gasteiger partial charge in [-0.1, -0.05) is 0 Å². The summed E-state index contributed by atoms with van der Waals surface area (Å²) in [5, 5.41) is 20.3. The summed E-state index contributed by atoms with van der Waals surface area (Å²) in [4.78, 5) is 26.0. The molecule has 0 aliphatic carbocycles. The van der Waals surface area contributed by atoms with Gasteiger partial charge in [0.1, 0.15) is 5.25 Å². The Bertz CT molecular complexity index is 659.